The van der Waals surface area contributed by atoms with Crippen molar-refractivity contribution in [3.05, 3.63) is 64.5 Å². The lowest BCUT2D eigenvalue weighted by molar-refractivity contribution is -0.121. The number of carbonyl (C=O) groups excluding carboxylic acids is 1. The second-order valence-electron chi connectivity index (χ2n) is 8.23. The Hall–Kier alpha value is -2.56. The van der Waals surface area contributed by atoms with Crippen LogP contribution < -0.4 is 5.32 Å². The predicted octanol–water partition coefficient (Wildman–Crippen LogP) is 3.98. The summed E-state index contributed by atoms with van der Waals surface area (Å²) in [6, 6.07) is 9.07. The van der Waals surface area contributed by atoms with Gasteiger partial charge in [-0.15, -0.1) is 11.3 Å². The maximum Gasteiger partial charge on any atom is 0.252 e. The lowest BCUT2D eigenvalue weighted by Gasteiger charge is -2.25. The Kier molecular flexibility index (Phi) is 6.96. The molecule has 0 aliphatic carbocycles. The Morgan fingerprint density at radius 2 is 1.85 bits per heavy atom. The zero-order chi connectivity index (χ0) is 23.6. The van der Waals surface area contributed by atoms with Gasteiger partial charge in [-0.2, -0.15) is 9.40 Å². The summed E-state index contributed by atoms with van der Waals surface area (Å²) in [4.78, 5) is 13.4. The SMILES string of the molecule is Cc1c(C(C)NC(=O)Cc2ccc(S(=O)(=O)N3CCCCC3)s2)cnn1-c1ccc(F)cc1. The van der Waals surface area contributed by atoms with Gasteiger partial charge in [-0.05, 0) is 63.1 Å². The van der Waals surface area contributed by atoms with Crippen molar-refractivity contribution in [3.63, 3.8) is 0 Å². The third-order valence-corrected chi connectivity index (χ3v) is 9.30. The van der Waals surface area contributed by atoms with Crippen molar-refractivity contribution in [2.24, 2.45) is 0 Å². The number of nitrogens with zero attached hydrogens (tertiary/aromatic N) is 3. The number of halogens is 1. The largest absolute Gasteiger partial charge is 0.349 e. The summed E-state index contributed by atoms with van der Waals surface area (Å²) in [6.07, 6.45) is 4.62. The van der Waals surface area contributed by atoms with Crippen LogP contribution in [0.4, 0.5) is 4.39 Å². The van der Waals surface area contributed by atoms with E-state index >= 15 is 0 Å². The molecule has 33 heavy (non-hydrogen) atoms. The third-order valence-electron chi connectivity index (χ3n) is 5.84. The fourth-order valence-corrected chi connectivity index (χ4v) is 7.07. The van der Waals surface area contributed by atoms with E-state index in [2.05, 4.69) is 10.4 Å². The molecule has 176 valence electrons. The molecule has 1 aliphatic heterocycles. The van der Waals surface area contributed by atoms with Crippen molar-refractivity contribution >= 4 is 27.3 Å². The lowest BCUT2D eigenvalue weighted by Crippen LogP contribution is -2.35. The van der Waals surface area contributed by atoms with E-state index in [1.165, 1.54) is 16.4 Å². The van der Waals surface area contributed by atoms with Crippen LogP contribution >= 0.6 is 11.3 Å². The highest BCUT2D eigenvalue weighted by atomic mass is 32.2. The number of hydrogen-bond donors (Lipinski definition) is 1. The minimum atomic E-state index is -3.49. The topological polar surface area (TPSA) is 84.3 Å². The summed E-state index contributed by atoms with van der Waals surface area (Å²) in [5, 5.41) is 7.34. The van der Waals surface area contributed by atoms with Crippen molar-refractivity contribution in [2.45, 2.75) is 49.8 Å². The van der Waals surface area contributed by atoms with E-state index in [0.29, 0.717) is 18.0 Å². The second-order valence-corrected chi connectivity index (χ2v) is 11.6. The monoisotopic (exact) mass is 490 g/mol. The maximum atomic E-state index is 13.2. The summed E-state index contributed by atoms with van der Waals surface area (Å²) < 4.78 is 42.4. The normalized spacial score (nSPS) is 16.0. The molecule has 1 aliphatic rings. The molecule has 1 saturated heterocycles. The van der Waals surface area contributed by atoms with Gasteiger partial charge < -0.3 is 5.32 Å². The number of sulfonamides is 1. The van der Waals surface area contributed by atoms with E-state index in [1.807, 2.05) is 13.8 Å². The first-order chi connectivity index (χ1) is 15.8. The van der Waals surface area contributed by atoms with E-state index in [1.54, 1.807) is 35.1 Å². The van der Waals surface area contributed by atoms with Crippen LogP contribution in [0.15, 0.2) is 46.8 Å². The van der Waals surface area contributed by atoms with Crippen molar-refractivity contribution in [3.8, 4) is 5.69 Å². The minimum Gasteiger partial charge on any atom is -0.349 e. The zero-order valence-electron chi connectivity index (χ0n) is 18.6. The van der Waals surface area contributed by atoms with Crippen LogP contribution in [0.3, 0.4) is 0 Å². The van der Waals surface area contributed by atoms with Gasteiger partial charge in [0.25, 0.3) is 10.0 Å². The molecule has 2 aromatic heterocycles. The second kappa shape index (κ2) is 9.74. The Morgan fingerprint density at radius 1 is 1.15 bits per heavy atom. The number of carbonyl (C=O) groups is 1. The number of thiophene rings is 1. The molecule has 1 amide bonds. The highest BCUT2D eigenvalue weighted by molar-refractivity contribution is 7.91. The molecule has 7 nitrogen and oxygen atoms in total. The van der Waals surface area contributed by atoms with E-state index in [-0.39, 0.29) is 28.4 Å². The van der Waals surface area contributed by atoms with Crippen molar-refractivity contribution in [2.75, 3.05) is 13.1 Å². The Morgan fingerprint density at radius 3 is 2.55 bits per heavy atom. The molecule has 10 heteroatoms. The number of piperidine rings is 1. The van der Waals surface area contributed by atoms with Gasteiger partial charge in [-0.25, -0.2) is 17.5 Å². The number of benzene rings is 1. The van der Waals surface area contributed by atoms with Crippen LogP contribution in [0.5, 0.6) is 0 Å². The van der Waals surface area contributed by atoms with E-state index in [4.69, 9.17) is 0 Å². The molecule has 1 atom stereocenters. The summed E-state index contributed by atoms with van der Waals surface area (Å²) >= 11 is 1.15. The van der Waals surface area contributed by atoms with Gasteiger partial charge in [-0.3, -0.25) is 4.79 Å². The molecule has 3 heterocycles. The first-order valence-corrected chi connectivity index (χ1v) is 13.2. The number of amides is 1. The quantitative estimate of drug-likeness (QED) is 0.543. The molecule has 0 saturated carbocycles. The van der Waals surface area contributed by atoms with Crippen LogP contribution in [-0.4, -0.2) is 41.5 Å². The average molecular weight is 491 g/mol. The first-order valence-electron chi connectivity index (χ1n) is 10.9. The molecule has 1 fully saturated rings. The Labute approximate surface area is 197 Å². The molecule has 1 aromatic carbocycles. The molecular formula is C23H27FN4O3S2. The highest BCUT2D eigenvalue weighted by Crippen LogP contribution is 2.28. The smallest absolute Gasteiger partial charge is 0.252 e. The van der Waals surface area contributed by atoms with Gasteiger partial charge in [0, 0.05) is 29.2 Å². The van der Waals surface area contributed by atoms with E-state index in [9.17, 15) is 17.6 Å². The van der Waals surface area contributed by atoms with Gasteiger partial charge in [0.1, 0.15) is 10.0 Å². The fraction of sp³-hybridized carbons (Fsp3) is 0.391. The maximum absolute atomic E-state index is 13.2. The van der Waals surface area contributed by atoms with E-state index in [0.717, 1.165) is 47.5 Å². The van der Waals surface area contributed by atoms with Gasteiger partial charge in [-0.1, -0.05) is 6.42 Å². The summed E-state index contributed by atoms with van der Waals surface area (Å²) in [5.74, 6) is -0.509. The number of nitrogens with one attached hydrogen (secondary N) is 1. The molecule has 4 rings (SSSR count). The van der Waals surface area contributed by atoms with E-state index < -0.39 is 10.0 Å². The van der Waals surface area contributed by atoms with Gasteiger partial charge in [0.15, 0.2) is 0 Å². The predicted molar refractivity (Wildman–Crippen MR) is 125 cm³/mol. The third kappa shape index (κ3) is 5.18. The molecular weight excluding hydrogens is 463 g/mol. The van der Waals surface area contributed by atoms with Gasteiger partial charge >= 0.3 is 0 Å². The zero-order valence-corrected chi connectivity index (χ0v) is 20.3. The molecule has 1 N–H and O–H groups in total. The standard InChI is InChI=1S/C23H27FN4O3S2/c1-16(21-15-25-28(17(21)2)19-8-6-18(24)7-9-19)26-22(29)14-20-10-11-23(32-20)33(30,31)27-12-4-3-5-13-27/h6-11,15-16H,3-5,12-14H2,1-2H3,(H,26,29). The van der Waals surface area contributed by atoms with Crippen LogP contribution in [-0.2, 0) is 21.2 Å². The number of hydrogen-bond acceptors (Lipinski definition) is 5. The average Bonchev–Trinajstić information content (AvgIpc) is 3.42. The van der Waals surface area contributed by atoms with Crippen LogP contribution in [0.25, 0.3) is 5.69 Å². The number of aromatic nitrogens is 2. The molecule has 3 aromatic rings. The molecule has 0 radical (unpaired) electrons. The minimum absolute atomic E-state index is 0.107. The van der Waals surface area contributed by atoms with Crippen LogP contribution in [0, 0.1) is 12.7 Å². The number of rotatable bonds is 7. The van der Waals surface area contributed by atoms with Gasteiger partial charge in [0.2, 0.25) is 5.91 Å². The summed E-state index contributed by atoms with van der Waals surface area (Å²) in [6.45, 7) is 4.87. The Balaban J connectivity index is 1.40. The van der Waals surface area contributed by atoms with Crippen LogP contribution in [0.2, 0.25) is 0 Å². The van der Waals surface area contributed by atoms with Gasteiger partial charge in [0.05, 0.1) is 24.3 Å². The first kappa shape index (κ1) is 23.6. The lowest BCUT2D eigenvalue weighted by atomic mass is 10.1. The molecule has 0 bridgehead atoms. The van der Waals surface area contributed by atoms with Crippen molar-refractivity contribution in [1.29, 1.82) is 0 Å². The van der Waals surface area contributed by atoms with Crippen molar-refractivity contribution in [1.82, 2.24) is 19.4 Å². The summed E-state index contributed by atoms with van der Waals surface area (Å²) in [7, 11) is -3.49. The summed E-state index contributed by atoms with van der Waals surface area (Å²) in [5.41, 5.74) is 2.44. The fourth-order valence-electron chi connectivity index (χ4n) is 4.04. The highest BCUT2D eigenvalue weighted by Gasteiger charge is 2.27. The Bertz CT molecular complexity index is 1230. The van der Waals surface area contributed by atoms with Crippen LogP contribution in [0.1, 0.15) is 48.4 Å². The molecule has 0 spiro atoms. The molecule has 1 unspecified atom stereocenters. The van der Waals surface area contributed by atoms with Crippen molar-refractivity contribution < 1.29 is 17.6 Å².